The van der Waals surface area contributed by atoms with Crippen LogP contribution in [0.2, 0.25) is 0 Å². The fourth-order valence-electron chi connectivity index (χ4n) is 4.13. The quantitative estimate of drug-likeness (QED) is 0.530. The topological polar surface area (TPSA) is 69.7 Å². The van der Waals surface area contributed by atoms with E-state index in [2.05, 4.69) is 34.5 Å². The lowest BCUT2D eigenvalue weighted by atomic mass is 10.2. The van der Waals surface area contributed by atoms with Crippen molar-refractivity contribution in [3.05, 3.63) is 78.4 Å². The Bertz CT molecular complexity index is 1160. The minimum absolute atomic E-state index is 0.0687. The highest BCUT2D eigenvalue weighted by Crippen LogP contribution is 2.47. The summed E-state index contributed by atoms with van der Waals surface area (Å²) in [6.07, 6.45) is 0.918. The Labute approximate surface area is 196 Å². The van der Waals surface area contributed by atoms with Crippen molar-refractivity contribution in [3.63, 3.8) is 0 Å². The zero-order valence-corrected chi connectivity index (χ0v) is 18.8. The first-order valence-corrected chi connectivity index (χ1v) is 11.8. The lowest BCUT2D eigenvalue weighted by Crippen LogP contribution is -2.28. The predicted molar refractivity (Wildman–Crippen MR) is 128 cm³/mol. The van der Waals surface area contributed by atoms with Crippen molar-refractivity contribution in [1.29, 1.82) is 0 Å². The number of nitrogens with zero attached hydrogens (tertiary/aromatic N) is 2. The number of rotatable bonds is 6. The number of imide groups is 1. The van der Waals surface area contributed by atoms with Crippen LogP contribution in [0, 0.1) is 0 Å². The number of benzene rings is 3. The zero-order chi connectivity index (χ0) is 22.8. The molecule has 33 heavy (non-hydrogen) atoms. The number of nitrogens with one attached hydrogen (secondary N) is 1. The van der Waals surface area contributed by atoms with Crippen LogP contribution in [0.1, 0.15) is 24.8 Å². The maximum Gasteiger partial charge on any atom is 0.229 e. The van der Waals surface area contributed by atoms with Gasteiger partial charge in [-0.25, -0.2) is 0 Å². The molecular formula is C26H23N3O3S. The van der Waals surface area contributed by atoms with Gasteiger partial charge in [0.05, 0.1) is 17.9 Å². The molecule has 0 radical (unpaired) electrons. The maximum atomic E-state index is 12.7. The van der Waals surface area contributed by atoms with E-state index in [0.29, 0.717) is 18.7 Å². The summed E-state index contributed by atoms with van der Waals surface area (Å²) >= 11 is 1.75. The number of hydrogen-bond donors (Lipinski definition) is 1. The van der Waals surface area contributed by atoms with Crippen LogP contribution < -0.4 is 10.2 Å². The molecule has 1 N–H and O–H groups in total. The van der Waals surface area contributed by atoms with E-state index in [1.807, 2.05) is 36.4 Å². The van der Waals surface area contributed by atoms with Crippen LogP contribution >= 0.6 is 11.8 Å². The number of anilines is 3. The minimum Gasteiger partial charge on any atom is -0.339 e. The lowest BCUT2D eigenvalue weighted by molar-refractivity contribution is -0.139. The van der Waals surface area contributed by atoms with E-state index in [4.69, 9.17) is 0 Å². The molecule has 1 fully saturated rings. The molecule has 3 aromatic rings. The third-order valence-electron chi connectivity index (χ3n) is 5.83. The first-order valence-electron chi connectivity index (χ1n) is 10.9. The van der Waals surface area contributed by atoms with Crippen LogP contribution in [-0.2, 0) is 20.9 Å². The van der Waals surface area contributed by atoms with Gasteiger partial charge in [0.15, 0.2) is 0 Å². The average Bonchev–Trinajstić information content (AvgIpc) is 3.15. The Kier molecular flexibility index (Phi) is 5.88. The van der Waals surface area contributed by atoms with Crippen molar-refractivity contribution < 1.29 is 14.4 Å². The summed E-state index contributed by atoms with van der Waals surface area (Å²) < 4.78 is 0. The van der Waals surface area contributed by atoms with Gasteiger partial charge in [-0.3, -0.25) is 19.3 Å². The molecule has 0 saturated carbocycles. The van der Waals surface area contributed by atoms with Gasteiger partial charge in [0, 0.05) is 41.3 Å². The predicted octanol–water partition coefficient (Wildman–Crippen LogP) is 4.97. The van der Waals surface area contributed by atoms with Crippen molar-refractivity contribution in [1.82, 2.24) is 4.90 Å². The highest BCUT2D eigenvalue weighted by Gasteiger charge is 2.28. The van der Waals surface area contributed by atoms with E-state index in [1.54, 1.807) is 23.9 Å². The van der Waals surface area contributed by atoms with Crippen molar-refractivity contribution >= 4 is 46.5 Å². The van der Waals surface area contributed by atoms with Crippen LogP contribution in [0.5, 0.6) is 0 Å². The first-order chi connectivity index (χ1) is 16.1. The molecule has 7 heteroatoms. The van der Waals surface area contributed by atoms with Crippen LogP contribution in [-0.4, -0.2) is 29.2 Å². The summed E-state index contributed by atoms with van der Waals surface area (Å²) in [4.78, 5) is 42.1. The lowest BCUT2D eigenvalue weighted by Gasteiger charge is -2.32. The Morgan fingerprint density at radius 2 is 1.36 bits per heavy atom. The van der Waals surface area contributed by atoms with E-state index >= 15 is 0 Å². The number of fused-ring (bicyclic) bond motifs is 2. The largest absolute Gasteiger partial charge is 0.339 e. The van der Waals surface area contributed by atoms with Gasteiger partial charge in [0.2, 0.25) is 17.7 Å². The molecule has 3 aromatic carbocycles. The molecule has 5 rings (SSSR count). The number of para-hydroxylation sites is 2. The monoisotopic (exact) mass is 457 g/mol. The first kappa shape index (κ1) is 21.3. The Morgan fingerprint density at radius 3 is 1.97 bits per heavy atom. The SMILES string of the molecule is O=C(CCN1c2ccccc2Sc2ccccc21)Nc1ccc(CN2C(=O)CCC2=O)cc1. The van der Waals surface area contributed by atoms with E-state index < -0.39 is 0 Å². The van der Waals surface area contributed by atoms with Gasteiger partial charge in [0.25, 0.3) is 0 Å². The van der Waals surface area contributed by atoms with E-state index in [-0.39, 0.29) is 37.1 Å². The fourth-order valence-corrected chi connectivity index (χ4v) is 5.23. The summed E-state index contributed by atoms with van der Waals surface area (Å²) in [6.45, 7) is 0.843. The second-order valence-electron chi connectivity index (χ2n) is 8.06. The van der Waals surface area contributed by atoms with Gasteiger partial charge in [-0.2, -0.15) is 0 Å². The summed E-state index contributed by atoms with van der Waals surface area (Å²) in [5.74, 6) is -0.325. The number of amides is 3. The molecule has 3 amide bonds. The zero-order valence-electron chi connectivity index (χ0n) is 18.0. The number of carbonyl (C=O) groups is 3. The Morgan fingerprint density at radius 1 is 0.788 bits per heavy atom. The highest BCUT2D eigenvalue weighted by molar-refractivity contribution is 7.99. The van der Waals surface area contributed by atoms with Gasteiger partial charge in [-0.05, 0) is 42.0 Å². The van der Waals surface area contributed by atoms with Crippen molar-refractivity contribution in [2.24, 2.45) is 0 Å². The molecule has 0 atom stereocenters. The third kappa shape index (κ3) is 4.50. The second-order valence-corrected chi connectivity index (χ2v) is 9.14. The smallest absolute Gasteiger partial charge is 0.229 e. The molecule has 0 spiro atoms. The van der Waals surface area contributed by atoms with Crippen molar-refractivity contribution in [2.45, 2.75) is 35.6 Å². The molecule has 1 saturated heterocycles. The van der Waals surface area contributed by atoms with Gasteiger partial charge >= 0.3 is 0 Å². The summed E-state index contributed by atoms with van der Waals surface area (Å²) in [5.41, 5.74) is 3.78. The normalized spacial score (nSPS) is 14.8. The average molecular weight is 458 g/mol. The maximum absolute atomic E-state index is 12.7. The standard InChI is InChI=1S/C26H23N3O3S/c30-24(27-19-11-9-18(10-12-19)17-29-25(31)13-14-26(29)32)15-16-28-20-5-1-3-7-22(20)33-23-8-4-2-6-21(23)28/h1-12H,13-17H2,(H,27,30). The summed E-state index contributed by atoms with van der Waals surface area (Å²) in [7, 11) is 0. The third-order valence-corrected chi connectivity index (χ3v) is 6.96. The van der Waals surface area contributed by atoms with Gasteiger partial charge < -0.3 is 10.2 Å². The minimum atomic E-state index is -0.128. The van der Waals surface area contributed by atoms with Crippen LogP contribution in [0.4, 0.5) is 17.1 Å². The van der Waals surface area contributed by atoms with Gasteiger partial charge in [-0.1, -0.05) is 48.2 Å². The highest BCUT2D eigenvalue weighted by atomic mass is 32.2. The Hall–Kier alpha value is -3.58. The fraction of sp³-hybridized carbons (Fsp3) is 0.192. The number of hydrogen-bond acceptors (Lipinski definition) is 5. The summed E-state index contributed by atoms with van der Waals surface area (Å²) in [5, 5.41) is 2.95. The van der Waals surface area contributed by atoms with Gasteiger partial charge in [0.1, 0.15) is 0 Å². The van der Waals surface area contributed by atoms with Crippen molar-refractivity contribution in [3.8, 4) is 0 Å². The number of carbonyl (C=O) groups excluding carboxylic acids is 3. The molecule has 0 bridgehead atoms. The van der Waals surface area contributed by atoms with Gasteiger partial charge in [-0.15, -0.1) is 0 Å². The molecule has 2 aliphatic rings. The van der Waals surface area contributed by atoms with Crippen LogP contribution in [0.25, 0.3) is 0 Å². The summed E-state index contributed by atoms with van der Waals surface area (Å²) in [6, 6.07) is 23.8. The molecule has 2 heterocycles. The molecule has 6 nitrogen and oxygen atoms in total. The molecule has 2 aliphatic heterocycles. The molecular weight excluding hydrogens is 434 g/mol. The Balaban J connectivity index is 1.22. The number of likely N-dealkylation sites (tertiary alicyclic amines) is 1. The van der Waals surface area contributed by atoms with Crippen molar-refractivity contribution in [2.75, 3.05) is 16.8 Å². The van der Waals surface area contributed by atoms with E-state index in [0.717, 1.165) is 16.9 Å². The van der Waals surface area contributed by atoms with Crippen LogP contribution in [0.3, 0.4) is 0 Å². The molecule has 0 unspecified atom stereocenters. The van der Waals surface area contributed by atoms with E-state index in [1.165, 1.54) is 14.7 Å². The van der Waals surface area contributed by atoms with E-state index in [9.17, 15) is 14.4 Å². The second kappa shape index (κ2) is 9.11. The van der Waals surface area contributed by atoms with Crippen LogP contribution in [0.15, 0.2) is 82.6 Å². The molecule has 0 aromatic heterocycles. The molecule has 0 aliphatic carbocycles. The molecule has 166 valence electrons.